The Bertz CT molecular complexity index is 1580. The molecule has 72 heavy (non-hydrogen) atoms. The molecule has 412 valence electrons. The van der Waals surface area contributed by atoms with Crippen LogP contribution in [0.5, 0.6) is 0 Å². The Labute approximate surface area is 444 Å². The molecule has 0 rings (SSSR count). The molecule has 0 bridgehead atoms. The van der Waals surface area contributed by atoms with Gasteiger partial charge >= 0.3 is 0 Å². The highest BCUT2D eigenvalue weighted by Crippen LogP contribution is 2.38. The van der Waals surface area contributed by atoms with Gasteiger partial charge in [-0.25, -0.2) is 0 Å². The highest BCUT2D eigenvalue weighted by Gasteiger charge is 2.23. The maximum Gasteiger partial charge on any atom is 0.268 e. The van der Waals surface area contributed by atoms with Gasteiger partial charge in [0.05, 0.1) is 39.9 Å². The lowest BCUT2D eigenvalue weighted by Crippen LogP contribution is -2.45. The third-order valence-corrected chi connectivity index (χ3v) is 13.1. The molecule has 1 amide bonds. The summed E-state index contributed by atoms with van der Waals surface area (Å²) in [5.41, 5.74) is 0. The van der Waals surface area contributed by atoms with Crippen LogP contribution in [0.15, 0.2) is 122 Å². The second-order valence-corrected chi connectivity index (χ2v) is 21.7. The van der Waals surface area contributed by atoms with Crippen LogP contribution in [0.3, 0.4) is 0 Å². The number of rotatable bonds is 51. The van der Waals surface area contributed by atoms with Gasteiger partial charge in [-0.2, -0.15) is 0 Å². The molecule has 0 radical (unpaired) electrons. The van der Waals surface area contributed by atoms with Crippen molar-refractivity contribution < 1.29 is 32.9 Å². The lowest BCUT2D eigenvalue weighted by molar-refractivity contribution is -0.870. The Hall–Kier alpha value is -3.10. The van der Waals surface area contributed by atoms with E-state index < -0.39 is 26.6 Å². The first-order valence-electron chi connectivity index (χ1n) is 28.9. The summed E-state index contributed by atoms with van der Waals surface area (Å²) in [4.78, 5) is 25.5. The van der Waals surface area contributed by atoms with E-state index in [1.54, 1.807) is 6.08 Å². The van der Waals surface area contributed by atoms with Crippen molar-refractivity contribution in [3.05, 3.63) is 122 Å². The van der Waals surface area contributed by atoms with Gasteiger partial charge in [0.15, 0.2) is 0 Å². The third kappa shape index (κ3) is 54.7. The van der Waals surface area contributed by atoms with Crippen molar-refractivity contribution in [3.63, 3.8) is 0 Å². The highest BCUT2D eigenvalue weighted by molar-refractivity contribution is 7.45. The molecule has 0 aromatic carbocycles. The van der Waals surface area contributed by atoms with Gasteiger partial charge in [0, 0.05) is 6.42 Å². The number of likely N-dealkylation sites (N-methyl/N-ethyl adjacent to an activating group) is 1. The van der Waals surface area contributed by atoms with E-state index in [4.69, 9.17) is 9.05 Å². The number of phosphoric acid groups is 1. The number of unbranched alkanes of at least 4 members (excludes halogenated alkanes) is 20. The van der Waals surface area contributed by atoms with Gasteiger partial charge in [-0.15, -0.1) is 0 Å². The molecule has 0 fully saturated rings. The molecule has 8 nitrogen and oxygen atoms in total. The lowest BCUT2D eigenvalue weighted by atomic mass is 10.0. The van der Waals surface area contributed by atoms with E-state index in [1.807, 2.05) is 27.2 Å². The predicted octanol–water partition coefficient (Wildman–Crippen LogP) is 17.1. The van der Waals surface area contributed by atoms with Crippen molar-refractivity contribution in [3.8, 4) is 0 Å². The maximum atomic E-state index is 13.0. The van der Waals surface area contributed by atoms with Gasteiger partial charge in [0.2, 0.25) is 5.91 Å². The fourth-order valence-corrected chi connectivity index (χ4v) is 8.40. The Balaban J connectivity index is 4.34. The molecule has 3 unspecified atom stereocenters. The Kier molecular flexibility index (Phi) is 50.5. The molecule has 0 aliphatic carbocycles. The number of phosphoric ester groups is 1. The minimum atomic E-state index is -4.62. The summed E-state index contributed by atoms with van der Waals surface area (Å²) in [6.07, 6.45) is 78.4. The zero-order chi connectivity index (χ0) is 52.7. The lowest BCUT2D eigenvalue weighted by Gasteiger charge is -2.29. The molecule has 0 saturated heterocycles. The van der Waals surface area contributed by atoms with E-state index in [-0.39, 0.29) is 12.5 Å². The number of aliphatic hydroxyl groups excluding tert-OH is 1. The van der Waals surface area contributed by atoms with Crippen molar-refractivity contribution >= 4 is 13.7 Å². The number of hydrogen-bond acceptors (Lipinski definition) is 6. The number of allylic oxidation sites excluding steroid dienone is 19. The van der Waals surface area contributed by atoms with Gasteiger partial charge in [0.1, 0.15) is 13.2 Å². The van der Waals surface area contributed by atoms with Crippen LogP contribution in [0.4, 0.5) is 0 Å². The summed E-state index contributed by atoms with van der Waals surface area (Å²) in [7, 11) is 1.22. The number of amides is 1. The van der Waals surface area contributed by atoms with Crippen LogP contribution < -0.4 is 10.2 Å². The number of nitrogens with one attached hydrogen (secondary N) is 1. The topological polar surface area (TPSA) is 108 Å². The first kappa shape index (κ1) is 68.9. The van der Waals surface area contributed by atoms with Crippen LogP contribution in [-0.4, -0.2) is 68.5 Å². The molecule has 0 aromatic heterocycles. The van der Waals surface area contributed by atoms with Gasteiger partial charge in [-0.1, -0.05) is 245 Å². The number of aliphatic hydroxyl groups is 1. The largest absolute Gasteiger partial charge is 0.756 e. The summed E-state index contributed by atoms with van der Waals surface area (Å²) in [6, 6.07) is -0.914. The summed E-state index contributed by atoms with van der Waals surface area (Å²) in [5.74, 6) is -0.233. The molecule has 0 spiro atoms. The molecule has 9 heteroatoms. The summed E-state index contributed by atoms with van der Waals surface area (Å²) < 4.78 is 23.3. The van der Waals surface area contributed by atoms with E-state index in [2.05, 4.69) is 129 Å². The van der Waals surface area contributed by atoms with Gasteiger partial charge in [-0.05, 0) is 89.9 Å². The van der Waals surface area contributed by atoms with E-state index in [1.165, 1.54) is 96.3 Å². The molecule has 0 aliphatic rings. The SMILES string of the molecule is CC/C=C\C/C=C\C/C=C\C/C=C\C/C=C\C/C=C\C/C=C\C/C=C\C/C=C\CCCCCC(=O)NC(COP(=O)([O-])OCC[N+](C)(C)C)C(O)/C=C/CCCCCCCCCCCCCCCCCCC. The quantitative estimate of drug-likeness (QED) is 0.0272. The van der Waals surface area contributed by atoms with E-state index in [9.17, 15) is 19.4 Å². The third-order valence-electron chi connectivity index (χ3n) is 12.2. The van der Waals surface area contributed by atoms with Crippen molar-refractivity contribution in [1.29, 1.82) is 0 Å². The molecule has 3 atom stereocenters. The summed E-state index contributed by atoms with van der Waals surface area (Å²) >= 11 is 0. The summed E-state index contributed by atoms with van der Waals surface area (Å²) in [6.45, 7) is 4.50. The van der Waals surface area contributed by atoms with Crippen LogP contribution in [0.25, 0.3) is 0 Å². The predicted molar refractivity (Wildman–Crippen MR) is 311 cm³/mol. The molecule has 0 saturated carbocycles. The maximum absolute atomic E-state index is 13.0. The van der Waals surface area contributed by atoms with Crippen molar-refractivity contribution in [2.24, 2.45) is 0 Å². The molecule has 2 N–H and O–H groups in total. The number of carbonyl (C=O) groups excluding carboxylic acids is 1. The molecule has 0 heterocycles. The van der Waals surface area contributed by atoms with E-state index >= 15 is 0 Å². The zero-order valence-corrected chi connectivity index (χ0v) is 47.7. The fraction of sp³-hybridized carbons (Fsp3) is 0.667. The minimum Gasteiger partial charge on any atom is -0.756 e. The minimum absolute atomic E-state index is 0.0144. The number of nitrogens with zero attached hydrogens (tertiary/aromatic N) is 1. The van der Waals surface area contributed by atoms with Gasteiger partial charge in [0.25, 0.3) is 7.82 Å². The highest BCUT2D eigenvalue weighted by atomic mass is 31.2. The molecule has 0 aromatic rings. The van der Waals surface area contributed by atoms with E-state index in [0.717, 1.165) is 96.3 Å². The smallest absolute Gasteiger partial charge is 0.268 e. The Morgan fingerprint density at radius 2 is 0.847 bits per heavy atom. The van der Waals surface area contributed by atoms with Crippen LogP contribution in [0.1, 0.15) is 219 Å². The van der Waals surface area contributed by atoms with Crippen molar-refractivity contribution in [2.45, 2.75) is 231 Å². The van der Waals surface area contributed by atoms with E-state index in [0.29, 0.717) is 23.9 Å². The standard InChI is InChI=1S/C63H109N2O6P/c1-6-8-10-12-14-16-18-20-22-24-26-27-28-29-30-31-32-33-34-35-36-37-39-41-43-45-47-49-51-53-55-57-63(67)64-61(60-71-72(68,69)70-59-58-65(3,4)5)62(66)56-54-52-50-48-46-44-42-40-38-25-23-21-19-17-15-13-11-9-7-2/h8,10,14,16,20,22,26-27,29-30,32-33,35-36,39,41,45,47,54,56,61-62,66H,6-7,9,11-13,15,17-19,21,23-25,28,31,34,37-38,40,42-44,46,48-53,55,57-60H2,1-5H3,(H-,64,67,68,69)/b10-8-,16-14-,22-20-,27-26-,30-29-,33-32-,36-35-,41-39-,47-45-,56-54+. The first-order valence-corrected chi connectivity index (χ1v) is 30.4. The van der Waals surface area contributed by atoms with Crippen LogP contribution in [0, 0.1) is 0 Å². The normalized spacial score (nSPS) is 14.8. The van der Waals surface area contributed by atoms with Crippen molar-refractivity contribution in [1.82, 2.24) is 5.32 Å². The first-order chi connectivity index (χ1) is 35.0. The number of hydrogen-bond donors (Lipinski definition) is 2. The van der Waals surface area contributed by atoms with Crippen LogP contribution >= 0.6 is 7.82 Å². The molecule has 0 aliphatic heterocycles. The van der Waals surface area contributed by atoms with Crippen LogP contribution in [0.2, 0.25) is 0 Å². The summed E-state index contributed by atoms with van der Waals surface area (Å²) in [5, 5.41) is 13.9. The monoisotopic (exact) mass is 1020 g/mol. The van der Waals surface area contributed by atoms with Gasteiger partial charge in [-0.3, -0.25) is 9.36 Å². The average molecular weight is 1020 g/mol. The van der Waals surface area contributed by atoms with Crippen LogP contribution in [-0.2, 0) is 18.4 Å². The molecular formula is C63H109N2O6P. The number of quaternary nitrogens is 1. The second kappa shape index (κ2) is 52.8. The van der Waals surface area contributed by atoms with Gasteiger partial charge < -0.3 is 28.8 Å². The fourth-order valence-electron chi connectivity index (χ4n) is 7.67. The number of carbonyl (C=O) groups is 1. The molecular weight excluding hydrogens is 912 g/mol. The Morgan fingerprint density at radius 3 is 1.24 bits per heavy atom. The average Bonchev–Trinajstić information content (AvgIpc) is 3.34. The van der Waals surface area contributed by atoms with Crippen molar-refractivity contribution in [2.75, 3.05) is 40.9 Å². The Morgan fingerprint density at radius 1 is 0.500 bits per heavy atom. The zero-order valence-electron chi connectivity index (χ0n) is 46.8. The second-order valence-electron chi connectivity index (χ2n) is 20.3.